The molecule has 1 aliphatic rings. The van der Waals surface area contributed by atoms with Crippen LogP contribution in [0.5, 0.6) is 0 Å². The van der Waals surface area contributed by atoms with E-state index in [-0.39, 0.29) is 30.7 Å². The molecular formula is C20H24Cl2N4OS. The predicted octanol–water partition coefficient (Wildman–Crippen LogP) is 3.95. The van der Waals surface area contributed by atoms with Gasteiger partial charge in [0.1, 0.15) is 5.65 Å². The van der Waals surface area contributed by atoms with Gasteiger partial charge in [0.2, 0.25) is 0 Å². The molecule has 0 saturated carbocycles. The van der Waals surface area contributed by atoms with E-state index in [0.717, 1.165) is 35.0 Å². The Labute approximate surface area is 181 Å². The molecule has 0 radical (unpaired) electrons. The van der Waals surface area contributed by atoms with Gasteiger partial charge in [-0.3, -0.25) is 4.79 Å². The van der Waals surface area contributed by atoms with Crippen LogP contribution in [0, 0.1) is 0 Å². The number of fused-ring (bicyclic) bond motifs is 1. The highest BCUT2D eigenvalue weighted by Gasteiger charge is 2.15. The summed E-state index contributed by atoms with van der Waals surface area (Å²) in [6.07, 6.45) is 6.39. The average molecular weight is 439 g/mol. The van der Waals surface area contributed by atoms with Gasteiger partial charge in [-0.2, -0.15) is 0 Å². The number of thioether (sulfide) groups is 1. The van der Waals surface area contributed by atoms with Crippen LogP contribution in [0.1, 0.15) is 28.9 Å². The Morgan fingerprint density at radius 3 is 2.75 bits per heavy atom. The van der Waals surface area contributed by atoms with Gasteiger partial charge in [0.25, 0.3) is 5.91 Å². The van der Waals surface area contributed by atoms with Gasteiger partial charge in [0.15, 0.2) is 0 Å². The van der Waals surface area contributed by atoms with Crippen molar-refractivity contribution in [2.45, 2.75) is 29.5 Å². The van der Waals surface area contributed by atoms with E-state index in [4.69, 9.17) is 0 Å². The topological polar surface area (TPSA) is 58.4 Å². The van der Waals surface area contributed by atoms with Crippen LogP contribution in [-0.2, 0) is 5.75 Å². The summed E-state index contributed by atoms with van der Waals surface area (Å²) in [6, 6.07) is 14.2. The second-order valence-electron chi connectivity index (χ2n) is 6.51. The first-order valence-electron chi connectivity index (χ1n) is 8.95. The zero-order valence-corrected chi connectivity index (χ0v) is 17.8. The maximum atomic E-state index is 12.2. The molecule has 0 aliphatic carbocycles. The summed E-state index contributed by atoms with van der Waals surface area (Å²) in [7, 11) is 0. The quantitative estimate of drug-likeness (QED) is 0.571. The highest BCUT2D eigenvalue weighted by molar-refractivity contribution is 7.98. The van der Waals surface area contributed by atoms with E-state index < -0.39 is 0 Å². The van der Waals surface area contributed by atoms with E-state index in [1.165, 1.54) is 6.42 Å². The monoisotopic (exact) mass is 438 g/mol. The van der Waals surface area contributed by atoms with E-state index in [1.54, 1.807) is 11.8 Å². The van der Waals surface area contributed by atoms with Crippen molar-refractivity contribution < 1.29 is 4.79 Å². The summed E-state index contributed by atoms with van der Waals surface area (Å²) in [4.78, 5) is 18.0. The van der Waals surface area contributed by atoms with Gasteiger partial charge < -0.3 is 15.0 Å². The molecule has 1 aliphatic heterocycles. The smallest absolute Gasteiger partial charge is 0.251 e. The number of amides is 1. The number of halogens is 2. The lowest BCUT2D eigenvalue weighted by Gasteiger charge is -2.11. The fourth-order valence-corrected chi connectivity index (χ4v) is 3.95. The summed E-state index contributed by atoms with van der Waals surface area (Å²) in [5.74, 6) is 0.802. The van der Waals surface area contributed by atoms with E-state index in [2.05, 4.69) is 21.8 Å². The normalized spacial score (nSPS) is 15.6. The van der Waals surface area contributed by atoms with Crippen molar-refractivity contribution >= 4 is 48.1 Å². The third kappa shape index (κ3) is 5.64. The first kappa shape index (κ1) is 22.6. The number of hydrogen-bond donors (Lipinski definition) is 2. The molecule has 5 nitrogen and oxygen atoms in total. The van der Waals surface area contributed by atoms with E-state index in [0.29, 0.717) is 18.2 Å². The fourth-order valence-electron chi connectivity index (χ4n) is 3.17. The fraction of sp³-hybridized carbons (Fsp3) is 0.300. The number of imidazole rings is 1. The Morgan fingerprint density at radius 2 is 2.04 bits per heavy atom. The van der Waals surface area contributed by atoms with E-state index >= 15 is 0 Å². The van der Waals surface area contributed by atoms with Crippen LogP contribution in [0.4, 0.5) is 0 Å². The van der Waals surface area contributed by atoms with Crippen LogP contribution >= 0.6 is 36.6 Å². The maximum absolute atomic E-state index is 12.2. The third-order valence-corrected chi connectivity index (χ3v) is 5.63. The number of nitrogens with zero attached hydrogens (tertiary/aromatic N) is 2. The van der Waals surface area contributed by atoms with Crippen molar-refractivity contribution in [2.75, 3.05) is 13.1 Å². The molecule has 4 rings (SSSR count). The van der Waals surface area contributed by atoms with Gasteiger partial charge >= 0.3 is 0 Å². The third-order valence-electron chi connectivity index (χ3n) is 4.59. The maximum Gasteiger partial charge on any atom is 0.251 e. The number of carbonyl (C=O) groups is 1. The molecule has 0 bridgehead atoms. The molecule has 2 N–H and O–H groups in total. The Morgan fingerprint density at radius 1 is 1.21 bits per heavy atom. The highest BCUT2D eigenvalue weighted by atomic mass is 35.5. The van der Waals surface area contributed by atoms with Crippen molar-refractivity contribution in [3.05, 3.63) is 66.1 Å². The molecule has 1 unspecified atom stereocenters. The highest BCUT2D eigenvalue weighted by Crippen LogP contribution is 2.23. The molecule has 150 valence electrons. The number of carbonyl (C=O) groups excluding carboxylic acids is 1. The van der Waals surface area contributed by atoms with Crippen LogP contribution in [0.2, 0.25) is 0 Å². The van der Waals surface area contributed by atoms with Gasteiger partial charge in [0.05, 0.1) is 5.69 Å². The summed E-state index contributed by atoms with van der Waals surface area (Å²) in [5, 5.41) is 6.40. The number of hydrogen-bond acceptors (Lipinski definition) is 4. The number of nitrogens with one attached hydrogen (secondary N) is 2. The second kappa shape index (κ2) is 10.7. The predicted molar refractivity (Wildman–Crippen MR) is 119 cm³/mol. The molecule has 1 saturated heterocycles. The number of benzene rings is 1. The van der Waals surface area contributed by atoms with Crippen molar-refractivity contribution in [1.82, 2.24) is 20.0 Å². The summed E-state index contributed by atoms with van der Waals surface area (Å²) in [5.41, 5.74) is 2.72. The largest absolute Gasteiger partial charge is 0.350 e. The van der Waals surface area contributed by atoms with Gasteiger partial charge in [-0.05, 0) is 55.8 Å². The lowest BCUT2D eigenvalue weighted by atomic mass is 10.2. The lowest BCUT2D eigenvalue weighted by molar-refractivity contribution is 0.0950. The van der Waals surface area contributed by atoms with Crippen molar-refractivity contribution in [3.63, 3.8) is 0 Å². The minimum atomic E-state index is -0.00407. The van der Waals surface area contributed by atoms with Crippen LogP contribution in [-0.4, -0.2) is 34.4 Å². The Hall–Kier alpha value is -1.73. The van der Waals surface area contributed by atoms with Crippen LogP contribution in [0.3, 0.4) is 0 Å². The van der Waals surface area contributed by atoms with E-state index in [9.17, 15) is 4.79 Å². The summed E-state index contributed by atoms with van der Waals surface area (Å²) in [6.45, 7) is 1.75. The SMILES string of the molecule is Cl.Cl.O=C(NCC1CCCN1)c1ccc(SCc2cn3ccccc3n2)cc1. The zero-order chi connectivity index (χ0) is 17.8. The first-order valence-corrected chi connectivity index (χ1v) is 9.93. The summed E-state index contributed by atoms with van der Waals surface area (Å²) < 4.78 is 2.03. The van der Waals surface area contributed by atoms with Crippen LogP contribution in [0.15, 0.2) is 59.8 Å². The van der Waals surface area contributed by atoms with Crippen molar-refractivity contribution in [3.8, 4) is 0 Å². The van der Waals surface area contributed by atoms with Gasteiger partial charge in [-0.25, -0.2) is 4.98 Å². The number of aromatic nitrogens is 2. The number of pyridine rings is 1. The van der Waals surface area contributed by atoms with Crippen LogP contribution < -0.4 is 10.6 Å². The molecule has 28 heavy (non-hydrogen) atoms. The van der Waals surface area contributed by atoms with Crippen molar-refractivity contribution in [1.29, 1.82) is 0 Å². The van der Waals surface area contributed by atoms with Gasteiger partial charge in [-0.15, -0.1) is 36.6 Å². The minimum Gasteiger partial charge on any atom is -0.350 e. The molecular weight excluding hydrogens is 415 g/mol. The Kier molecular flexibility index (Phi) is 8.63. The molecule has 1 aromatic carbocycles. The minimum absolute atomic E-state index is 0. The van der Waals surface area contributed by atoms with Crippen LogP contribution in [0.25, 0.3) is 5.65 Å². The molecule has 0 spiro atoms. The standard InChI is InChI=1S/C20H22N4OS.2ClH/c25-20(22-12-16-4-3-10-21-16)15-6-8-18(9-7-15)26-14-17-13-24-11-2-1-5-19(24)23-17;;/h1-2,5-9,11,13,16,21H,3-4,10,12,14H2,(H,22,25);2*1H. The lowest BCUT2D eigenvalue weighted by Crippen LogP contribution is -2.37. The Balaban J connectivity index is 0.00000140. The number of rotatable bonds is 6. The molecule has 2 aromatic heterocycles. The summed E-state index contributed by atoms with van der Waals surface area (Å²) >= 11 is 1.73. The molecule has 1 fully saturated rings. The molecule has 3 heterocycles. The zero-order valence-electron chi connectivity index (χ0n) is 15.3. The molecule has 8 heteroatoms. The van der Waals surface area contributed by atoms with Gasteiger partial charge in [-0.1, -0.05) is 6.07 Å². The molecule has 1 atom stereocenters. The average Bonchev–Trinajstić information content (AvgIpc) is 3.34. The first-order chi connectivity index (χ1) is 12.8. The van der Waals surface area contributed by atoms with Gasteiger partial charge in [0, 0.05) is 41.2 Å². The van der Waals surface area contributed by atoms with Crippen molar-refractivity contribution in [2.24, 2.45) is 0 Å². The Bertz CT molecular complexity index is 862. The second-order valence-corrected chi connectivity index (χ2v) is 7.56. The molecule has 3 aromatic rings. The van der Waals surface area contributed by atoms with E-state index in [1.807, 2.05) is 53.1 Å². The molecule has 1 amide bonds.